The summed E-state index contributed by atoms with van der Waals surface area (Å²) in [5.41, 5.74) is 0.158. The van der Waals surface area contributed by atoms with Gasteiger partial charge in [-0.1, -0.05) is 26.2 Å². The lowest BCUT2D eigenvalue weighted by atomic mass is 9.96. The summed E-state index contributed by atoms with van der Waals surface area (Å²) in [6.07, 6.45) is 4.29. The maximum Gasteiger partial charge on any atom is 0.336 e. The number of unbranched alkanes of at least 4 members (excludes halogenated alkanes) is 3. The van der Waals surface area contributed by atoms with Gasteiger partial charge in [-0.2, -0.15) is 0 Å². The van der Waals surface area contributed by atoms with Crippen LogP contribution < -0.4 is 5.63 Å². The van der Waals surface area contributed by atoms with E-state index in [9.17, 15) is 18.8 Å². The fraction of sp³-hybridized carbons (Fsp3) is 0.533. The minimum atomic E-state index is -1.16. The van der Waals surface area contributed by atoms with Crippen molar-refractivity contribution in [3.63, 3.8) is 0 Å². The molecule has 114 valence electrons. The molecule has 0 bridgehead atoms. The minimum absolute atomic E-state index is 0.0627. The number of nitrogens with zero attached hydrogens (tertiary/aromatic N) is 1. The van der Waals surface area contributed by atoms with Crippen molar-refractivity contribution >= 4 is 11.8 Å². The van der Waals surface area contributed by atoms with Gasteiger partial charge in [0, 0.05) is 6.07 Å². The molecule has 2 heterocycles. The van der Waals surface area contributed by atoms with Gasteiger partial charge in [0.25, 0.3) is 5.91 Å². The second-order valence-electron chi connectivity index (χ2n) is 5.12. The van der Waals surface area contributed by atoms with Crippen LogP contribution in [0.1, 0.15) is 54.3 Å². The Morgan fingerprint density at radius 3 is 2.67 bits per heavy atom. The van der Waals surface area contributed by atoms with E-state index in [0.29, 0.717) is 16.9 Å². The van der Waals surface area contributed by atoms with Crippen molar-refractivity contribution in [1.82, 2.24) is 4.90 Å². The quantitative estimate of drug-likeness (QED) is 0.458. The summed E-state index contributed by atoms with van der Waals surface area (Å²) in [5, 5.41) is 0. The molecule has 2 rings (SSSR count). The molecule has 1 aromatic rings. The van der Waals surface area contributed by atoms with E-state index < -0.39 is 24.2 Å². The fourth-order valence-electron chi connectivity index (χ4n) is 2.52. The number of hydrogen-bond acceptors (Lipinski definition) is 4. The van der Waals surface area contributed by atoms with Crippen LogP contribution in [0.25, 0.3) is 0 Å². The molecule has 0 atom stereocenters. The van der Waals surface area contributed by atoms with Gasteiger partial charge in [0.05, 0.1) is 12.0 Å². The lowest BCUT2D eigenvalue weighted by Crippen LogP contribution is -2.42. The second-order valence-corrected chi connectivity index (χ2v) is 5.12. The third kappa shape index (κ3) is 3.20. The molecule has 0 spiro atoms. The summed E-state index contributed by atoms with van der Waals surface area (Å²) < 4.78 is 17.8. The van der Waals surface area contributed by atoms with Gasteiger partial charge in [-0.15, -0.1) is 0 Å². The highest BCUT2D eigenvalue weighted by atomic mass is 19.1. The highest BCUT2D eigenvalue weighted by Gasteiger charge is 2.34. The highest BCUT2D eigenvalue weighted by molar-refractivity contribution is 6.09. The largest absolute Gasteiger partial charge is 0.426 e. The van der Waals surface area contributed by atoms with Crippen molar-refractivity contribution in [2.24, 2.45) is 0 Å². The first-order valence-corrected chi connectivity index (χ1v) is 7.15. The molecule has 6 heteroatoms. The van der Waals surface area contributed by atoms with Crippen LogP contribution in [0.4, 0.5) is 4.39 Å². The first kappa shape index (κ1) is 15.4. The number of alkyl halides is 1. The number of carbonyl (C=O) groups is 2. The molecule has 0 fully saturated rings. The highest BCUT2D eigenvalue weighted by Crippen LogP contribution is 2.23. The number of carbonyl (C=O) groups excluding carboxylic acids is 2. The van der Waals surface area contributed by atoms with E-state index in [1.54, 1.807) is 0 Å². The Labute approximate surface area is 121 Å². The molecule has 1 aliphatic rings. The minimum Gasteiger partial charge on any atom is -0.426 e. The molecular weight excluding hydrogens is 277 g/mol. The van der Waals surface area contributed by atoms with Crippen LogP contribution >= 0.6 is 0 Å². The second kappa shape index (κ2) is 6.65. The molecule has 0 aliphatic carbocycles. The predicted octanol–water partition coefficient (Wildman–Crippen LogP) is 2.21. The van der Waals surface area contributed by atoms with Crippen LogP contribution in [0.15, 0.2) is 15.3 Å². The zero-order valence-corrected chi connectivity index (χ0v) is 12.0. The normalized spacial score (nSPS) is 14.5. The van der Waals surface area contributed by atoms with E-state index in [2.05, 4.69) is 6.92 Å². The van der Waals surface area contributed by atoms with Crippen molar-refractivity contribution in [2.75, 3.05) is 6.80 Å². The smallest absolute Gasteiger partial charge is 0.336 e. The number of rotatable bonds is 6. The summed E-state index contributed by atoms with van der Waals surface area (Å²) in [6, 6.07) is 1.27. The monoisotopic (exact) mass is 295 g/mol. The van der Waals surface area contributed by atoms with Crippen molar-refractivity contribution < 1.29 is 18.4 Å². The summed E-state index contributed by atoms with van der Waals surface area (Å²) in [5.74, 6) is -1.33. The topological polar surface area (TPSA) is 67.6 Å². The number of aryl methyl sites for hydroxylation is 1. The molecule has 0 aromatic carbocycles. The number of halogens is 1. The molecule has 5 nitrogen and oxygen atoms in total. The Bertz CT molecular complexity index is 608. The van der Waals surface area contributed by atoms with Gasteiger partial charge in [0.2, 0.25) is 5.91 Å². The van der Waals surface area contributed by atoms with Crippen molar-refractivity contribution in [1.29, 1.82) is 0 Å². The zero-order valence-electron chi connectivity index (χ0n) is 12.0. The Balaban J connectivity index is 2.32. The van der Waals surface area contributed by atoms with E-state index in [4.69, 9.17) is 4.42 Å². The Morgan fingerprint density at radius 2 is 2.00 bits per heavy atom. The molecular formula is C15H18FNO4. The summed E-state index contributed by atoms with van der Waals surface area (Å²) in [7, 11) is 0. The molecule has 2 amide bonds. The van der Waals surface area contributed by atoms with Crippen LogP contribution in [0.5, 0.6) is 0 Å². The molecule has 1 aliphatic heterocycles. The van der Waals surface area contributed by atoms with Crippen LogP contribution in [-0.4, -0.2) is 23.5 Å². The maximum absolute atomic E-state index is 12.8. The van der Waals surface area contributed by atoms with Crippen LogP contribution in [0.3, 0.4) is 0 Å². The average Bonchev–Trinajstić information content (AvgIpc) is 2.43. The van der Waals surface area contributed by atoms with Gasteiger partial charge >= 0.3 is 5.63 Å². The molecule has 0 saturated heterocycles. The molecule has 0 saturated carbocycles. The third-order valence-corrected chi connectivity index (χ3v) is 3.61. The van der Waals surface area contributed by atoms with Gasteiger partial charge in [-0.05, 0) is 18.4 Å². The van der Waals surface area contributed by atoms with E-state index >= 15 is 0 Å². The first-order valence-electron chi connectivity index (χ1n) is 7.15. The lowest BCUT2D eigenvalue weighted by molar-refractivity contribution is -0.130. The number of fused-ring (bicyclic) bond motifs is 1. The van der Waals surface area contributed by atoms with Gasteiger partial charge < -0.3 is 4.42 Å². The van der Waals surface area contributed by atoms with E-state index in [1.165, 1.54) is 6.07 Å². The van der Waals surface area contributed by atoms with Crippen molar-refractivity contribution in [3.8, 4) is 0 Å². The SMILES string of the molecule is CCCCCCc1cc(=O)oc2c1C(=O)N(CF)C(=O)C2. The first-order chi connectivity index (χ1) is 10.1. The molecule has 0 unspecified atom stereocenters. The zero-order chi connectivity index (χ0) is 15.4. The fourth-order valence-corrected chi connectivity index (χ4v) is 2.52. The summed E-state index contributed by atoms with van der Waals surface area (Å²) >= 11 is 0. The Morgan fingerprint density at radius 1 is 1.24 bits per heavy atom. The average molecular weight is 295 g/mol. The van der Waals surface area contributed by atoms with Crippen molar-refractivity contribution in [2.45, 2.75) is 45.4 Å². The lowest BCUT2D eigenvalue weighted by Gasteiger charge is -2.24. The van der Waals surface area contributed by atoms with Crippen molar-refractivity contribution in [3.05, 3.63) is 33.4 Å². The Hall–Kier alpha value is -1.98. The number of imide groups is 1. The van der Waals surface area contributed by atoms with Gasteiger partial charge in [0.1, 0.15) is 5.76 Å². The van der Waals surface area contributed by atoms with E-state index in [0.717, 1.165) is 25.7 Å². The molecule has 0 N–H and O–H groups in total. The molecule has 0 radical (unpaired) electrons. The van der Waals surface area contributed by atoms with Crippen LogP contribution in [0.2, 0.25) is 0 Å². The predicted molar refractivity (Wildman–Crippen MR) is 73.7 cm³/mol. The van der Waals surface area contributed by atoms with Gasteiger partial charge in [0.15, 0.2) is 6.80 Å². The number of amides is 2. The van der Waals surface area contributed by atoms with Crippen LogP contribution in [-0.2, 0) is 17.6 Å². The standard InChI is InChI=1S/C15H18FNO4/c1-2-3-4-5-6-10-7-13(19)21-11-8-12(18)17(9-16)15(20)14(10)11/h7H,2-6,8-9H2,1H3. The summed E-state index contributed by atoms with van der Waals surface area (Å²) in [6.45, 7) is 0.929. The van der Waals surface area contributed by atoms with Gasteiger partial charge in [-0.3, -0.25) is 9.59 Å². The number of hydrogen-bond donors (Lipinski definition) is 0. The Kier molecular flexibility index (Phi) is 4.88. The molecule has 1 aromatic heterocycles. The summed E-state index contributed by atoms with van der Waals surface area (Å²) in [4.78, 5) is 35.9. The van der Waals surface area contributed by atoms with Gasteiger partial charge in [-0.25, -0.2) is 14.1 Å². The third-order valence-electron chi connectivity index (χ3n) is 3.61. The van der Waals surface area contributed by atoms with Crippen LogP contribution in [0, 0.1) is 0 Å². The van der Waals surface area contributed by atoms with E-state index in [1.807, 2.05) is 0 Å². The maximum atomic E-state index is 12.8. The molecule has 21 heavy (non-hydrogen) atoms. The van der Waals surface area contributed by atoms with E-state index in [-0.39, 0.29) is 17.7 Å².